The molecule has 1 aromatic rings. The van der Waals surface area contributed by atoms with Crippen LogP contribution in [0.1, 0.15) is 32.3 Å². The van der Waals surface area contributed by atoms with Gasteiger partial charge in [-0.2, -0.15) is 0 Å². The average Bonchev–Trinajstić information content (AvgIpc) is 3.07. The molecule has 0 bridgehead atoms. The van der Waals surface area contributed by atoms with Gasteiger partial charge in [-0.3, -0.25) is 0 Å². The maximum Gasteiger partial charge on any atom is 0.231 e. The lowest BCUT2D eigenvalue weighted by molar-refractivity contribution is 0.0458. The normalized spacial score (nSPS) is 20.3. The van der Waals surface area contributed by atoms with Gasteiger partial charge < -0.3 is 24.3 Å². The van der Waals surface area contributed by atoms with Crippen LogP contribution in [0.15, 0.2) is 18.2 Å². The van der Waals surface area contributed by atoms with E-state index in [0.717, 1.165) is 50.7 Å². The molecule has 0 saturated carbocycles. The zero-order chi connectivity index (χ0) is 17.0. The van der Waals surface area contributed by atoms with E-state index in [-0.39, 0.29) is 5.41 Å². The van der Waals surface area contributed by atoms with Gasteiger partial charge >= 0.3 is 0 Å². The van der Waals surface area contributed by atoms with E-state index >= 15 is 0 Å². The number of hydrogen-bond acceptors (Lipinski definition) is 5. The Bertz CT molecular complexity index is 540. The van der Waals surface area contributed by atoms with Crippen LogP contribution in [0, 0.1) is 5.92 Å². The average molecular weight is 335 g/mol. The van der Waals surface area contributed by atoms with Crippen molar-refractivity contribution in [3.05, 3.63) is 23.8 Å². The second-order valence-electron chi connectivity index (χ2n) is 7.15. The molecule has 5 nitrogen and oxygen atoms in total. The van der Waals surface area contributed by atoms with E-state index in [1.54, 1.807) is 7.11 Å². The van der Waals surface area contributed by atoms with Crippen LogP contribution in [0.2, 0.25) is 0 Å². The smallest absolute Gasteiger partial charge is 0.231 e. The Labute approximate surface area is 144 Å². The third kappa shape index (κ3) is 3.68. The van der Waals surface area contributed by atoms with Gasteiger partial charge in [0.25, 0.3) is 0 Å². The number of ether oxygens (including phenoxy) is 4. The molecule has 0 aliphatic carbocycles. The second-order valence-corrected chi connectivity index (χ2v) is 7.15. The molecular weight excluding hydrogens is 306 g/mol. The van der Waals surface area contributed by atoms with Crippen LogP contribution in [0.3, 0.4) is 0 Å². The Morgan fingerprint density at radius 2 is 1.92 bits per heavy atom. The van der Waals surface area contributed by atoms with Crippen molar-refractivity contribution >= 4 is 0 Å². The zero-order valence-electron chi connectivity index (χ0n) is 15.0. The van der Waals surface area contributed by atoms with Gasteiger partial charge in [-0.05, 0) is 36.5 Å². The molecule has 134 valence electrons. The number of hydrogen-bond donors (Lipinski definition) is 1. The lowest BCUT2D eigenvalue weighted by Crippen LogP contribution is -2.48. The van der Waals surface area contributed by atoms with Crippen LogP contribution in [0.5, 0.6) is 11.5 Å². The van der Waals surface area contributed by atoms with Gasteiger partial charge in [-0.15, -0.1) is 0 Å². The Morgan fingerprint density at radius 3 is 2.62 bits per heavy atom. The number of benzene rings is 1. The fourth-order valence-corrected chi connectivity index (χ4v) is 3.55. The highest BCUT2D eigenvalue weighted by Gasteiger charge is 2.36. The van der Waals surface area contributed by atoms with Gasteiger partial charge in [0.15, 0.2) is 11.5 Å². The van der Waals surface area contributed by atoms with Gasteiger partial charge in [-0.25, -0.2) is 0 Å². The molecule has 1 unspecified atom stereocenters. The van der Waals surface area contributed by atoms with Crippen LogP contribution < -0.4 is 14.8 Å². The summed E-state index contributed by atoms with van der Waals surface area (Å²) in [4.78, 5) is 0. The summed E-state index contributed by atoms with van der Waals surface area (Å²) in [6.45, 7) is 8.02. The molecule has 1 saturated heterocycles. The SMILES string of the molecule is COCC(NCC1(c2ccc3c(c2)OCO3)CCOCC1)C(C)C. The fraction of sp³-hybridized carbons (Fsp3) is 0.684. The minimum atomic E-state index is 0.0696. The maximum absolute atomic E-state index is 5.63. The first kappa shape index (κ1) is 17.5. The first-order chi connectivity index (χ1) is 11.6. The topological polar surface area (TPSA) is 49.0 Å². The summed E-state index contributed by atoms with van der Waals surface area (Å²) in [5.41, 5.74) is 1.38. The molecule has 0 aromatic heterocycles. The van der Waals surface area contributed by atoms with Crippen molar-refractivity contribution in [3.63, 3.8) is 0 Å². The van der Waals surface area contributed by atoms with Crippen molar-refractivity contribution in [2.24, 2.45) is 5.92 Å². The molecule has 0 spiro atoms. The van der Waals surface area contributed by atoms with Gasteiger partial charge in [0.05, 0.1) is 6.61 Å². The molecule has 0 radical (unpaired) electrons. The van der Waals surface area contributed by atoms with E-state index in [0.29, 0.717) is 18.8 Å². The molecule has 2 aliphatic heterocycles. The molecule has 3 rings (SSSR count). The minimum Gasteiger partial charge on any atom is -0.454 e. The molecule has 5 heteroatoms. The Balaban J connectivity index is 1.79. The highest BCUT2D eigenvalue weighted by atomic mass is 16.7. The van der Waals surface area contributed by atoms with Gasteiger partial charge in [0.1, 0.15) is 0 Å². The molecule has 2 aliphatic rings. The molecule has 1 fully saturated rings. The summed E-state index contributed by atoms with van der Waals surface area (Å²) in [6.07, 6.45) is 2.02. The predicted molar refractivity (Wildman–Crippen MR) is 92.8 cm³/mol. The van der Waals surface area contributed by atoms with Crippen LogP contribution in [0.4, 0.5) is 0 Å². The van der Waals surface area contributed by atoms with Crippen molar-refractivity contribution in [2.45, 2.75) is 38.1 Å². The van der Waals surface area contributed by atoms with Crippen molar-refractivity contribution in [2.75, 3.05) is 40.3 Å². The standard InChI is InChI=1S/C19H29NO4/c1-14(2)16(11-21-3)20-12-19(6-8-22-9-7-19)15-4-5-17-18(10-15)24-13-23-17/h4-5,10,14,16,20H,6-9,11-13H2,1-3H3. The Morgan fingerprint density at radius 1 is 1.17 bits per heavy atom. The van der Waals surface area contributed by atoms with Crippen molar-refractivity contribution in [1.29, 1.82) is 0 Å². The second kappa shape index (κ2) is 7.72. The van der Waals surface area contributed by atoms with E-state index in [1.165, 1.54) is 5.56 Å². The van der Waals surface area contributed by atoms with Gasteiger partial charge in [0, 0.05) is 38.3 Å². The van der Waals surface area contributed by atoms with Crippen LogP contribution in [0.25, 0.3) is 0 Å². The molecule has 1 N–H and O–H groups in total. The van der Waals surface area contributed by atoms with Crippen LogP contribution >= 0.6 is 0 Å². The minimum absolute atomic E-state index is 0.0696. The van der Waals surface area contributed by atoms with E-state index < -0.39 is 0 Å². The summed E-state index contributed by atoms with van der Waals surface area (Å²) >= 11 is 0. The van der Waals surface area contributed by atoms with Crippen molar-refractivity contribution < 1.29 is 18.9 Å². The predicted octanol–water partition coefficient (Wildman–Crippen LogP) is 2.72. The highest BCUT2D eigenvalue weighted by molar-refractivity contribution is 5.47. The third-order valence-electron chi connectivity index (χ3n) is 5.29. The highest BCUT2D eigenvalue weighted by Crippen LogP contribution is 2.40. The number of fused-ring (bicyclic) bond motifs is 1. The Hall–Kier alpha value is -1.30. The van der Waals surface area contributed by atoms with E-state index in [4.69, 9.17) is 18.9 Å². The summed E-state index contributed by atoms with van der Waals surface area (Å²) in [7, 11) is 1.76. The lowest BCUT2D eigenvalue weighted by atomic mass is 9.73. The van der Waals surface area contributed by atoms with Crippen molar-refractivity contribution in [3.8, 4) is 11.5 Å². The fourth-order valence-electron chi connectivity index (χ4n) is 3.55. The van der Waals surface area contributed by atoms with E-state index in [9.17, 15) is 0 Å². The summed E-state index contributed by atoms with van der Waals surface area (Å²) in [6, 6.07) is 6.71. The van der Waals surface area contributed by atoms with Gasteiger partial charge in [-0.1, -0.05) is 19.9 Å². The zero-order valence-corrected chi connectivity index (χ0v) is 15.0. The first-order valence-electron chi connectivity index (χ1n) is 8.85. The number of nitrogens with one attached hydrogen (secondary N) is 1. The van der Waals surface area contributed by atoms with Crippen molar-refractivity contribution in [1.82, 2.24) is 5.32 Å². The molecule has 2 heterocycles. The maximum atomic E-state index is 5.63. The van der Waals surface area contributed by atoms with Gasteiger partial charge in [0.2, 0.25) is 6.79 Å². The molecule has 24 heavy (non-hydrogen) atoms. The molecular formula is C19H29NO4. The lowest BCUT2D eigenvalue weighted by Gasteiger charge is -2.39. The van der Waals surface area contributed by atoms with Crippen LogP contribution in [-0.2, 0) is 14.9 Å². The number of rotatable bonds is 7. The summed E-state index contributed by atoms with van der Waals surface area (Å²) in [5, 5.41) is 3.74. The summed E-state index contributed by atoms with van der Waals surface area (Å²) < 4.78 is 22.1. The third-order valence-corrected chi connectivity index (χ3v) is 5.29. The largest absolute Gasteiger partial charge is 0.454 e. The molecule has 0 amide bonds. The first-order valence-corrected chi connectivity index (χ1v) is 8.85. The molecule has 1 aromatic carbocycles. The quantitative estimate of drug-likeness (QED) is 0.830. The van der Waals surface area contributed by atoms with E-state index in [1.807, 2.05) is 6.07 Å². The number of methoxy groups -OCH3 is 1. The van der Waals surface area contributed by atoms with Crippen LogP contribution in [-0.4, -0.2) is 46.3 Å². The molecule has 1 atom stereocenters. The Kier molecular flexibility index (Phi) is 5.64. The van der Waals surface area contributed by atoms with E-state index in [2.05, 4.69) is 31.3 Å². The summed E-state index contributed by atoms with van der Waals surface area (Å²) in [5.74, 6) is 2.22. The monoisotopic (exact) mass is 335 g/mol.